The van der Waals surface area contributed by atoms with Crippen molar-refractivity contribution in [3.05, 3.63) is 55.1 Å². The molecule has 0 radical (unpaired) electrons. The summed E-state index contributed by atoms with van der Waals surface area (Å²) < 4.78 is 5.37. The lowest BCUT2D eigenvalue weighted by molar-refractivity contribution is -0.139. The lowest BCUT2D eigenvalue weighted by atomic mass is 10.2. The first-order chi connectivity index (χ1) is 10.2. The molecular formula is C15H17N3O3. The third-order valence-electron chi connectivity index (χ3n) is 2.22. The minimum absolute atomic E-state index is 0.221. The summed E-state index contributed by atoms with van der Waals surface area (Å²) in [5.74, 6) is -0.948. The van der Waals surface area contributed by atoms with E-state index >= 15 is 0 Å². The summed E-state index contributed by atoms with van der Waals surface area (Å²) in [6.45, 7) is 7.62. The van der Waals surface area contributed by atoms with E-state index in [4.69, 9.17) is 4.74 Å². The molecule has 1 aromatic rings. The van der Waals surface area contributed by atoms with Crippen molar-refractivity contribution in [1.29, 1.82) is 0 Å². The number of hydrogen-bond acceptors (Lipinski definition) is 4. The summed E-state index contributed by atoms with van der Waals surface area (Å²) in [5, 5.41) is 6.05. The molecular weight excluding hydrogens is 270 g/mol. The van der Waals surface area contributed by atoms with E-state index in [1.54, 1.807) is 30.3 Å². The fourth-order valence-electron chi connectivity index (χ4n) is 1.30. The van der Waals surface area contributed by atoms with Crippen molar-refractivity contribution in [1.82, 2.24) is 10.7 Å². The highest BCUT2D eigenvalue weighted by Crippen LogP contribution is 2.11. The van der Waals surface area contributed by atoms with Crippen LogP contribution in [0.25, 0.3) is 0 Å². The van der Waals surface area contributed by atoms with Gasteiger partial charge in [0.1, 0.15) is 12.4 Å². The number of ether oxygens (including phenoxy) is 1. The molecule has 0 aliphatic carbocycles. The van der Waals surface area contributed by atoms with Crippen molar-refractivity contribution in [3.63, 3.8) is 0 Å². The maximum absolute atomic E-state index is 11.3. The van der Waals surface area contributed by atoms with Crippen LogP contribution >= 0.6 is 0 Å². The molecule has 0 aromatic heterocycles. The van der Waals surface area contributed by atoms with Gasteiger partial charge in [-0.15, -0.1) is 6.58 Å². The maximum Gasteiger partial charge on any atom is 0.329 e. The topological polar surface area (TPSA) is 79.8 Å². The van der Waals surface area contributed by atoms with E-state index in [1.807, 2.05) is 0 Å². The number of carbonyl (C=O) groups is 2. The van der Waals surface area contributed by atoms with E-state index in [1.165, 1.54) is 12.3 Å². The lowest BCUT2D eigenvalue weighted by Crippen LogP contribution is -2.37. The predicted molar refractivity (Wildman–Crippen MR) is 81.1 cm³/mol. The van der Waals surface area contributed by atoms with Gasteiger partial charge in [-0.1, -0.05) is 30.9 Å². The van der Waals surface area contributed by atoms with Crippen LogP contribution in [0.2, 0.25) is 0 Å². The summed E-state index contributed by atoms with van der Waals surface area (Å²) >= 11 is 0. The molecule has 21 heavy (non-hydrogen) atoms. The SMILES string of the molecule is C=CCNC(=O)C(=O)N/N=C\c1cccc(OCC=C)c1. The van der Waals surface area contributed by atoms with Gasteiger partial charge in [-0.3, -0.25) is 9.59 Å². The molecule has 0 saturated carbocycles. The van der Waals surface area contributed by atoms with Crippen LogP contribution in [0.1, 0.15) is 5.56 Å². The zero-order valence-corrected chi connectivity index (χ0v) is 11.5. The second kappa shape index (κ2) is 9.08. The molecule has 0 bridgehead atoms. The van der Waals surface area contributed by atoms with Crippen molar-refractivity contribution < 1.29 is 14.3 Å². The molecule has 2 N–H and O–H groups in total. The van der Waals surface area contributed by atoms with E-state index in [9.17, 15) is 9.59 Å². The molecule has 1 rings (SSSR count). The smallest absolute Gasteiger partial charge is 0.329 e. The third kappa shape index (κ3) is 6.20. The van der Waals surface area contributed by atoms with Crippen LogP contribution in [0.5, 0.6) is 5.75 Å². The van der Waals surface area contributed by atoms with Crippen LogP contribution in [-0.2, 0) is 9.59 Å². The van der Waals surface area contributed by atoms with Crippen molar-refractivity contribution >= 4 is 18.0 Å². The number of hydrogen-bond donors (Lipinski definition) is 2. The molecule has 2 amide bonds. The molecule has 1 aromatic carbocycles. The van der Waals surface area contributed by atoms with Crippen molar-refractivity contribution in [2.45, 2.75) is 0 Å². The number of nitrogens with one attached hydrogen (secondary N) is 2. The Bertz CT molecular complexity index is 553. The van der Waals surface area contributed by atoms with Gasteiger partial charge in [-0.05, 0) is 17.7 Å². The number of amides is 2. The summed E-state index contributed by atoms with van der Waals surface area (Å²) in [4.78, 5) is 22.6. The van der Waals surface area contributed by atoms with Gasteiger partial charge in [0.2, 0.25) is 0 Å². The van der Waals surface area contributed by atoms with E-state index < -0.39 is 11.8 Å². The molecule has 110 valence electrons. The third-order valence-corrected chi connectivity index (χ3v) is 2.22. The van der Waals surface area contributed by atoms with Gasteiger partial charge >= 0.3 is 11.8 Å². The average Bonchev–Trinajstić information content (AvgIpc) is 2.50. The number of hydrazone groups is 1. The Morgan fingerprint density at radius 1 is 1.24 bits per heavy atom. The Hall–Kier alpha value is -2.89. The van der Waals surface area contributed by atoms with Crippen LogP contribution in [0.3, 0.4) is 0 Å². The van der Waals surface area contributed by atoms with Gasteiger partial charge in [-0.2, -0.15) is 5.10 Å². The van der Waals surface area contributed by atoms with Crippen LogP contribution < -0.4 is 15.5 Å². The monoisotopic (exact) mass is 287 g/mol. The van der Waals surface area contributed by atoms with Gasteiger partial charge in [-0.25, -0.2) is 5.43 Å². The minimum Gasteiger partial charge on any atom is -0.490 e. The Balaban J connectivity index is 2.52. The molecule has 0 fully saturated rings. The van der Waals surface area contributed by atoms with Gasteiger partial charge in [0.15, 0.2) is 0 Å². The molecule has 6 nitrogen and oxygen atoms in total. The zero-order chi connectivity index (χ0) is 15.5. The van der Waals surface area contributed by atoms with E-state index in [-0.39, 0.29) is 6.54 Å². The van der Waals surface area contributed by atoms with Gasteiger partial charge in [0, 0.05) is 6.54 Å². The first-order valence-corrected chi connectivity index (χ1v) is 6.23. The number of rotatable bonds is 7. The number of benzene rings is 1. The molecule has 0 heterocycles. The van der Waals surface area contributed by atoms with E-state index in [0.29, 0.717) is 12.4 Å². The molecule has 0 saturated heterocycles. The summed E-state index contributed by atoms with van der Waals surface area (Å²) in [7, 11) is 0. The van der Waals surface area contributed by atoms with Crippen molar-refractivity contribution in [2.24, 2.45) is 5.10 Å². The molecule has 0 atom stereocenters. The molecule has 0 unspecified atom stereocenters. The normalized spacial score (nSPS) is 9.90. The first kappa shape index (κ1) is 16.2. The summed E-state index contributed by atoms with van der Waals surface area (Å²) in [6.07, 6.45) is 4.53. The zero-order valence-electron chi connectivity index (χ0n) is 11.5. The molecule has 0 aliphatic heterocycles. The standard InChI is InChI=1S/C15H17N3O3/c1-3-8-16-14(19)15(20)18-17-11-12-6-5-7-13(10-12)21-9-4-2/h3-7,10-11H,1-2,8-9H2,(H,16,19)(H,18,20)/b17-11-. The van der Waals surface area contributed by atoms with Gasteiger partial charge in [0.25, 0.3) is 0 Å². The average molecular weight is 287 g/mol. The Kier molecular flexibility index (Phi) is 6.99. The fourth-order valence-corrected chi connectivity index (χ4v) is 1.30. The van der Waals surface area contributed by atoms with Gasteiger partial charge in [0.05, 0.1) is 6.21 Å². The number of carbonyl (C=O) groups excluding carboxylic acids is 2. The van der Waals surface area contributed by atoms with Crippen LogP contribution in [0.15, 0.2) is 54.7 Å². The maximum atomic E-state index is 11.3. The van der Waals surface area contributed by atoms with E-state index in [2.05, 4.69) is 29.0 Å². The Morgan fingerprint density at radius 2 is 2.05 bits per heavy atom. The number of nitrogens with zero attached hydrogens (tertiary/aromatic N) is 1. The molecule has 6 heteroatoms. The second-order valence-corrected chi connectivity index (χ2v) is 3.87. The van der Waals surface area contributed by atoms with Crippen LogP contribution in [0.4, 0.5) is 0 Å². The first-order valence-electron chi connectivity index (χ1n) is 6.23. The van der Waals surface area contributed by atoms with Crippen LogP contribution in [-0.4, -0.2) is 31.2 Å². The summed E-state index contributed by atoms with van der Waals surface area (Å²) in [6, 6.07) is 7.12. The second-order valence-electron chi connectivity index (χ2n) is 3.87. The highest BCUT2D eigenvalue weighted by molar-refractivity contribution is 6.35. The Labute approximate surface area is 123 Å². The Morgan fingerprint density at radius 3 is 2.76 bits per heavy atom. The lowest BCUT2D eigenvalue weighted by Gasteiger charge is -2.03. The molecule has 0 spiro atoms. The minimum atomic E-state index is -0.841. The van der Waals surface area contributed by atoms with E-state index in [0.717, 1.165) is 5.56 Å². The summed E-state index contributed by atoms with van der Waals surface area (Å²) in [5.41, 5.74) is 2.85. The van der Waals surface area contributed by atoms with Crippen molar-refractivity contribution in [2.75, 3.05) is 13.2 Å². The fraction of sp³-hybridized carbons (Fsp3) is 0.133. The van der Waals surface area contributed by atoms with Crippen LogP contribution in [0, 0.1) is 0 Å². The largest absolute Gasteiger partial charge is 0.490 e. The predicted octanol–water partition coefficient (Wildman–Crippen LogP) is 1.00. The highest BCUT2D eigenvalue weighted by Gasteiger charge is 2.10. The quantitative estimate of drug-likeness (QED) is 0.340. The molecule has 0 aliphatic rings. The van der Waals surface area contributed by atoms with Crippen molar-refractivity contribution in [3.8, 4) is 5.75 Å². The van der Waals surface area contributed by atoms with Gasteiger partial charge < -0.3 is 10.1 Å². The highest BCUT2D eigenvalue weighted by atomic mass is 16.5.